The number of carbonyl (C=O) groups excluding carboxylic acids is 1. The minimum atomic E-state index is 0.0791. The summed E-state index contributed by atoms with van der Waals surface area (Å²) < 4.78 is 6.11. The second-order valence-corrected chi connectivity index (χ2v) is 7.12. The number of hydrogen-bond acceptors (Lipinski definition) is 4. The van der Waals surface area contributed by atoms with Crippen molar-refractivity contribution in [2.75, 3.05) is 0 Å². The van der Waals surface area contributed by atoms with E-state index in [1.165, 1.54) is 12.8 Å². The van der Waals surface area contributed by atoms with Gasteiger partial charge in [-0.1, -0.05) is 6.07 Å². The van der Waals surface area contributed by atoms with E-state index in [0.717, 1.165) is 56.5 Å². The van der Waals surface area contributed by atoms with Crippen LogP contribution in [0.2, 0.25) is 0 Å². The molecule has 1 amide bonds. The normalized spacial score (nSPS) is 24.7. The molecule has 5 nitrogen and oxygen atoms in total. The number of aromatic nitrogens is 1. The third-order valence-corrected chi connectivity index (χ3v) is 5.15. The number of carbonyl (C=O) groups is 1. The van der Waals surface area contributed by atoms with Crippen LogP contribution in [0, 0.1) is 0 Å². The van der Waals surface area contributed by atoms with Gasteiger partial charge in [0.2, 0.25) is 11.8 Å². The van der Waals surface area contributed by atoms with Crippen LogP contribution < -0.4 is 15.4 Å². The summed E-state index contributed by atoms with van der Waals surface area (Å²) in [4.78, 5) is 15.6. The van der Waals surface area contributed by atoms with Crippen molar-refractivity contribution in [2.24, 2.45) is 0 Å². The Morgan fingerprint density at radius 3 is 2.58 bits per heavy atom. The second kappa shape index (κ2) is 8.47. The van der Waals surface area contributed by atoms with E-state index in [4.69, 9.17) is 4.74 Å². The van der Waals surface area contributed by atoms with Gasteiger partial charge in [0.1, 0.15) is 6.10 Å². The minimum absolute atomic E-state index is 0.0791. The third-order valence-electron chi connectivity index (χ3n) is 5.15. The zero-order chi connectivity index (χ0) is 16.8. The van der Waals surface area contributed by atoms with Crippen molar-refractivity contribution in [3.63, 3.8) is 0 Å². The van der Waals surface area contributed by atoms with Crippen LogP contribution in [0.4, 0.5) is 0 Å². The molecule has 2 fully saturated rings. The van der Waals surface area contributed by atoms with Crippen LogP contribution >= 0.6 is 0 Å². The Kier molecular flexibility index (Phi) is 6.07. The fourth-order valence-corrected chi connectivity index (χ4v) is 3.81. The lowest BCUT2D eigenvalue weighted by Crippen LogP contribution is -2.41. The molecule has 3 rings (SSSR count). The highest BCUT2D eigenvalue weighted by Gasteiger charge is 2.22. The highest BCUT2D eigenvalue weighted by molar-refractivity contribution is 5.73. The highest BCUT2D eigenvalue weighted by Crippen LogP contribution is 2.25. The molecule has 132 valence electrons. The number of pyridine rings is 1. The van der Waals surface area contributed by atoms with E-state index < -0.39 is 0 Å². The number of nitrogens with zero attached hydrogens (tertiary/aromatic N) is 1. The van der Waals surface area contributed by atoms with Crippen molar-refractivity contribution in [1.29, 1.82) is 0 Å². The Balaban J connectivity index is 1.47. The van der Waals surface area contributed by atoms with Gasteiger partial charge in [0.05, 0.1) is 0 Å². The molecule has 5 heteroatoms. The molecule has 1 aromatic heterocycles. The van der Waals surface area contributed by atoms with Gasteiger partial charge in [0, 0.05) is 37.3 Å². The molecular weight excluding hydrogens is 302 g/mol. The maximum Gasteiger partial charge on any atom is 0.218 e. The van der Waals surface area contributed by atoms with Crippen molar-refractivity contribution < 1.29 is 9.53 Å². The lowest BCUT2D eigenvalue weighted by molar-refractivity contribution is -0.119. The minimum Gasteiger partial charge on any atom is -0.474 e. The first kappa shape index (κ1) is 17.2. The molecule has 0 aromatic carbocycles. The fourth-order valence-electron chi connectivity index (χ4n) is 3.81. The van der Waals surface area contributed by atoms with Crippen molar-refractivity contribution in [2.45, 2.75) is 83.0 Å². The maximum atomic E-state index is 11.1. The molecule has 0 saturated heterocycles. The van der Waals surface area contributed by atoms with Crippen LogP contribution in [-0.2, 0) is 11.3 Å². The molecular formula is C19H29N3O2. The molecule has 24 heavy (non-hydrogen) atoms. The standard InChI is InChI=1S/C19H29N3O2/c1-14(23)22-17-10-8-16(9-11-17)21-13-15-5-4-12-20-19(15)24-18-6-2-3-7-18/h4-5,12,16-18,21H,2-3,6-11,13H2,1H3,(H,22,23). The van der Waals surface area contributed by atoms with Gasteiger partial charge in [-0.15, -0.1) is 0 Å². The summed E-state index contributed by atoms with van der Waals surface area (Å²) in [5.74, 6) is 0.874. The van der Waals surface area contributed by atoms with Crippen LogP contribution in [0.5, 0.6) is 5.88 Å². The van der Waals surface area contributed by atoms with E-state index in [0.29, 0.717) is 18.2 Å². The Bertz CT molecular complexity index is 535. The van der Waals surface area contributed by atoms with E-state index in [2.05, 4.69) is 21.7 Å². The Morgan fingerprint density at radius 1 is 1.17 bits per heavy atom. The smallest absolute Gasteiger partial charge is 0.218 e. The summed E-state index contributed by atoms with van der Waals surface area (Å²) in [7, 11) is 0. The number of rotatable bonds is 6. The van der Waals surface area contributed by atoms with Crippen LogP contribution in [-0.4, -0.2) is 29.1 Å². The third kappa shape index (κ3) is 4.94. The molecule has 0 spiro atoms. The molecule has 2 aliphatic rings. The Labute approximate surface area is 144 Å². The van der Waals surface area contributed by atoms with E-state index in [9.17, 15) is 4.79 Å². The zero-order valence-corrected chi connectivity index (χ0v) is 14.6. The van der Waals surface area contributed by atoms with Gasteiger partial charge in [-0.05, 0) is 57.4 Å². The summed E-state index contributed by atoms with van der Waals surface area (Å²) in [6.07, 6.45) is 11.3. The van der Waals surface area contributed by atoms with Crippen molar-refractivity contribution in [3.8, 4) is 5.88 Å². The van der Waals surface area contributed by atoms with Gasteiger partial charge < -0.3 is 15.4 Å². The topological polar surface area (TPSA) is 63.2 Å². The Hall–Kier alpha value is -1.62. The van der Waals surface area contributed by atoms with E-state index >= 15 is 0 Å². The summed E-state index contributed by atoms with van der Waals surface area (Å²) in [6.45, 7) is 2.39. The second-order valence-electron chi connectivity index (χ2n) is 7.12. The predicted octanol–water partition coefficient (Wildman–Crippen LogP) is 2.94. The molecule has 2 aliphatic carbocycles. The number of amides is 1. The fraction of sp³-hybridized carbons (Fsp3) is 0.684. The van der Waals surface area contributed by atoms with Gasteiger partial charge in [0.25, 0.3) is 0 Å². The van der Waals surface area contributed by atoms with Crippen LogP contribution in [0.15, 0.2) is 18.3 Å². The molecule has 1 aromatic rings. The summed E-state index contributed by atoms with van der Waals surface area (Å²) >= 11 is 0. The quantitative estimate of drug-likeness (QED) is 0.841. The zero-order valence-electron chi connectivity index (χ0n) is 14.6. The molecule has 1 heterocycles. The van der Waals surface area contributed by atoms with Crippen molar-refractivity contribution >= 4 is 5.91 Å². The average Bonchev–Trinajstić information content (AvgIpc) is 3.08. The van der Waals surface area contributed by atoms with E-state index in [1.807, 2.05) is 12.3 Å². The van der Waals surface area contributed by atoms with E-state index in [-0.39, 0.29) is 5.91 Å². The summed E-state index contributed by atoms with van der Waals surface area (Å²) in [6, 6.07) is 4.94. The van der Waals surface area contributed by atoms with Crippen LogP contribution in [0.25, 0.3) is 0 Å². The van der Waals surface area contributed by atoms with Crippen LogP contribution in [0.3, 0.4) is 0 Å². The molecule has 0 atom stereocenters. The number of hydrogen-bond donors (Lipinski definition) is 2. The van der Waals surface area contributed by atoms with E-state index in [1.54, 1.807) is 6.92 Å². The summed E-state index contributed by atoms with van der Waals surface area (Å²) in [5.41, 5.74) is 1.15. The highest BCUT2D eigenvalue weighted by atomic mass is 16.5. The SMILES string of the molecule is CC(=O)NC1CCC(NCc2cccnc2OC2CCCC2)CC1. The number of ether oxygens (including phenoxy) is 1. The Morgan fingerprint density at radius 2 is 1.88 bits per heavy atom. The molecule has 2 saturated carbocycles. The van der Waals surface area contributed by atoms with Gasteiger partial charge in [0.15, 0.2) is 0 Å². The average molecular weight is 331 g/mol. The van der Waals surface area contributed by atoms with Gasteiger partial charge >= 0.3 is 0 Å². The molecule has 0 aliphatic heterocycles. The molecule has 0 radical (unpaired) electrons. The number of nitrogens with one attached hydrogen (secondary N) is 2. The molecule has 2 N–H and O–H groups in total. The largest absolute Gasteiger partial charge is 0.474 e. The maximum absolute atomic E-state index is 11.1. The van der Waals surface area contributed by atoms with Gasteiger partial charge in [-0.2, -0.15) is 0 Å². The first-order chi connectivity index (χ1) is 11.7. The molecule has 0 bridgehead atoms. The first-order valence-corrected chi connectivity index (χ1v) is 9.32. The monoisotopic (exact) mass is 331 g/mol. The lowest BCUT2D eigenvalue weighted by Gasteiger charge is -2.29. The van der Waals surface area contributed by atoms with Gasteiger partial charge in [-0.25, -0.2) is 4.98 Å². The lowest BCUT2D eigenvalue weighted by atomic mass is 9.91. The van der Waals surface area contributed by atoms with Crippen molar-refractivity contribution in [3.05, 3.63) is 23.9 Å². The summed E-state index contributed by atoms with van der Waals surface area (Å²) in [5, 5.41) is 6.67. The predicted molar refractivity (Wildman–Crippen MR) is 93.8 cm³/mol. The molecule has 0 unspecified atom stereocenters. The van der Waals surface area contributed by atoms with Crippen LogP contribution in [0.1, 0.15) is 63.9 Å². The first-order valence-electron chi connectivity index (χ1n) is 9.32. The van der Waals surface area contributed by atoms with Gasteiger partial charge in [-0.3, -0.25) is 4.79 Å². The van der Waals surface area contributed by atoms with Crippen molar-refractivity contribution in [1.82, 2.24) is 15.6 Å².